The fourth-order valence-electron chi connectivity index (χ4n) is 3.58. The number of anilines is 2. The number of primary sulfonamides is 1. The standard InChI is InChI=1S/C26H22BrN5O3S2/c27-19-12-15-23(29-16-19)31-26(36)32-24(18-6-2-1-3-7-18)25(33)30-20-13-10-17(11-14-20)21-8-4-5-9-22(21)37(28,34)35/h1-16,24H,(H,30,33)(H2,28,34,35)(H2,29,31,32,36)/t24-/m0/s1. The molecule has 0 aliphatic rings. The Balaban J connectivity index is 1.52. The smallest absolute Gasteiger partial charge is 0.251 e. The van der Waals surface area contributed by atoms with Gasteiger partial charge in [-0.2, -0.15) is 0 Å². The van der Waals surface area contributed by atoms with Crippen molar-refractivity contribution < 1.29 is 13.2 Å². The van der Waals surface area contributed by atoms with Crippen LogP contribution >= 0.6 is 28.1 Å². The first-order chi connectivity index (χ1) is 17.7. The number of hydrogen-bond acceptors (Lipinski definition) is 5. The van der Waals surface area contributed by atoms with Gasteiger partial charge in [0.2, 0.25) is 10.0 Å². The van der Waals surface area contributed by atoms with Gasteiger partial charge in [-0.1, -0.05) is 60.7 Å². The van der Waals surface area contributed by atoms with Crippen LogP contribution in [-0.4, -0.2) is 24.4 Å². The number of carbonyl (C=O) groups is 1. The third kappa shape index (κ3) is 6.98. The van der Waals surface area contributed by atoms with Gasteiger partial charge < -0.3 is 16.0 Å². The second-order valence-electron chi connectivity index (χ2n) is 7.91. The zero-order chi connectivity index (χ0) is 26.4. The Morgan fingerprint density at radius 3 is 2.22 bits per heavy atom. The van der Waals surface area contributed by atoms with Crippen LogP contribution in [0.1, 0.15) is 11.6 Å². The Bertz CT molecular complexity index is 1510. The first-order valence-corrected chi connectivity index (χ1v) is 13.7. The molecule has 0 unspecified atom stereocenters. The number of sulfonamides is 1. The zero-order valence-electron chi connectivity index (χ0n) is 19.3. The van der Waals surface area contributed by atoms with Gasteiger partial charge in [-0.05, 0) is 69.6 Å². The minimum atomic E-state index is -3.89. The first kappa shape index (κ1) is 26.4. The fourth-order valence-corrected chi connectivity index (χ4v) is 4.80. The van der Waals surface area contributed by atoms with Gasteiger partial charge in [-0.25, -0.2) is 18.5 Å². The van der Waals surface area contributed by atoms with Crippen molar-refractivity contribution in [3.63, 3.8) is 0 Å². The summed E-state index contributed by atoms with van der Waals surface area (Å²) in [6.07, 6.45) is 1.64. The molecule has 0 aliphatic heterocycles. The number of aromatic nitrogens is 1. The highest BCUT2D eigenvalue weighted by molar-refractivity contribution is 9.10. The summed E-state index contributed by atoms with van der Waals surface area (Å²) in [7, 11) is -3.89. The van der Waals surface area contributed by atoms with Gasteiger partial charge in [0, 0.05) is 21.9 Å². The van der Waals surface area contributed by atoms with Crippen LogP contribution in [0.3, 0.4) is 0 Å². The molecule has 11 heteroatoms. The van der Waals surface area contributed by atoms with Crippen molar-refractivity contribution in [2.24, 2.45) is 5.14 Å². The average Bonchev–Trinajstić information content (AvgIpc) is 2.89. The van der Waals surface area contributed by atoms with E-state index < -0.39 is 16.1 Å². The highest BCUT2D eigenvalue weighted by Gasteiger charge is 2.22. The predicted octanol–water partition coefficient (Wildman–Crippen LogP) is 4.82. The third-order valence-corrected chi connectivity index (χ3v) is 6.95. The van der Waals surface area contributed by atoms with Gasteiger partial charge in [-0.15, -0.1) is 0 Å². The maximum atomic E-state index is 13.3. The van der Waals surface area contributed by atoms with Crippen LogP contribution in [0, 0.1) is 0 Å². The molecular formula is C26H22BrN5O3S2. The molecule has 1 aromatic heterocycles. The lowest BCUT2D eigenvalue weighted by Crippen LogP contribution is -2.39. The van der Waals surface area contributed by atoms with Crippen LogP contribution in [0.4, 0.5) is 11.5 Å². The molecule has 1 amide bonds. The Morgan fingerprint density at radius 2 is 1.57 bits per heavy atom. The van der Waals surface area contributed by atoms with Crippen LogP contribution in [-0.2, 0) is 14.8 Å². The number of hydrogen-bond donors (Lipinski definition) is 4. The van der Waals surface area contributed by atoms with Crippen molar-refractivity contribution in [1.29, 1.82) is 0 Å². The molecule has 0 saturated heterocycles. The van der Waals surface area contributed by atoms with E-state index in [1.807, 2.05) is 36.4 Å². The van der Waals surface area contributed by atoms with Crippen molar-refractivity contribution >= 4 is 60.7 Å². The topological polar surface area (TPSA) is 126 Å². The lowest BCUT2D eigenvalue weighted by atomic mass is 10.0. The van der Waals surface area contributed by atoms with Crippen LogP contribution in [0.25, 0.3) is 11.1 Å². The summed E-state index contributed by atoms with van der Waals surface area (Å²) >= 11 is 8.77. The van der Waals surface area contributed by atoms with Crippen LogP contribution in [0.15, 0.2) is 107 Å². The minimum absolute atomic E-state index is 0.0291. The number of carbonyl (C=O) groups excluding carboxylic acids is 1. The number of rotatable bonds is 7. The van der Waals surface area contributed by atoms with E-state index in [4.69, 9.17) is 17.4 Å². The van der Waals surface area contributed by atoms with E-state index in [1.165, 1.54) is 6.07 Å². The van der Waals surface area contributed by atoms with Crippen molar-refractivity contribution in [2.45, 2.75) is 10.9 Å². The molecule has 0 spiro atoms. The molecule has 0 bridgehead atoms. The molecule has 5 N–H and O–H groups in total. The molecular weight excluding hydrogens is 574 g/mol. The molecule has 0 fully saturated rings. The highest BCUT2D eigenvalue weighted by Crippen LogP contribution is 2.28. The highest BCUT2D eigenvalue weighted by atomic mass is 79.9. The largest absolute Gasteiger partial charge is 0.347 e. The van der Waals surface area contributed by atoms with Gasteiger partial charge in [0.15, 0.2) is 5.11 Å². The molecule has 1 heterocycles. The second-order valence-corrected chi connectivity index (χ2v) is 10.8. The normalized spacial score (nSPS) is 11.8. The number of nitrogens with zero attached hydrogens (tertiary/aromatic N) is 1. The Labute approximate surface area is 228 Å². The lowest BCUT2D eigenvalue weighted by molar-refractivity contribution is -0.117. The molecule has 0 aliphatic carbocycles. The van der Waals surface area contributed by atoms with Crippen molar-refractivity contribution in [3.8, 4) is 11.1 Å². The summed E-state index contributed by atoms with van der Waals surface area (Å²) < 4.78 is 24.8. The molecule has 8 nitrogen and oxygen atoms in total. The monoisotopic (exact) mass is 595 g/mol. The first-order valence-electron chi connectivity index (χ1n) is 11.0. The molecule has 4 aromatic rings. The number of benzene rings is 3. The Kier molecular flexibility index (Phi) is 8.29. The molecule has 0 saturated carbocycles. The van der Waals surface area contributed by atoms with E-state index in [9.17, 15) is 13.2 Å². The van der Waals surface area contributed by atoms with E-state index in [-0.39, 0.29) is 15.9 Å². The van der Waals surface area contributed by atoms with Gasteiger partial charge in [0.05, 0.1) is 4.90 Å². The summed E-state index contributed by atoms with van der Waals surface area (Å²) in [5, 5.41) is 14.5. The summed E-state index contributed by atoms with van der Waals surface area (Å²) in [6.45, 7) is 0. The maximum absolute atomic E-state index is 13.3. The van der Waals surface area contributed by atoms with E-state index in [2.05, 4.69) is 36.9 Å². The fraction of sp³-hybridized carbons (Fsp3) is 0.0385. The average molecular weight is 597 g/mol. The molecule has 4 rings (SSSR count). The van der Waals surface area contributed by atoms with Crippen LogP contribution < -0.4 is 21.1 Å². The number of nitrogens with two attached hydrogens (primary N) is 1. The number of amides is 1. The molecule has 3 aromatic carbocycles. The van der Waals surface area contributed by atoms with E-state index in [1.54, 1.807) is 54.7 Å². The van der Waals surface area contributed by atoms with Crippen LogP contribution in [0.2, 0.25) is 0 Å². The molecule has 0 radical (unpaired) electrons. The second kappa shape index (κ2) is 11.6. The van der Waals surface area contributed by atoms with Crippen LogP contribution in [0.5, 0.6) is 0 Å². The van der Waals surface area contributed by atoms with Crippen molar-refractivity contribution in [2.75, 3.05) is 10.6 Å². The Morgan fingerprint density at radius 1 is 0.892 bits per heavy atom. The third-order valence-electron chi connectivity index (χ3n) is 5.30. The number of nitrogens with one attached hydrogen (secondary N) is 3. The van der Waals surface area contributed by atoms with Gasteiger partial charge in [0.1, 0.15) is 11.9 Å². The van der Waals surface area contributed by atoms with Gasteiger partial charge >= 0.3 is 0 Å². The Hall–Kier alpha value is -3.64. The van der Waals surface area contributed by atoms with Gasteiger partial charge in [0.25, 0.3) is 5.91 Å². The zero-order valence-corrected chi connectivity index (χ0v) is 22.5. The SMILES string of the molecule is NS(=O)(=O)c1ccccc1-c1ccc(NC(=O)[C@@H](NC(=S)Nc2ccc(Br)cn2)c2ccccc2)cc1. The summed E-state index contributed by atoms with van der Waals surface area (Å²) in [5.74, 6) is 0.195. The van der Waals surface area contributed by atoms with Gasteiger partial charge in [-0.3, -0.25) is 4.79 Å². The summed E-state index contributed by atoms with van der Waals surface area (Å²) in [4.78, 5) is 17.6. The molecule has 188 valence electrons. The minimum Gasteiger partial charge on any atom is -0.347 e. The van der Waals surface area contributed by atoms with E-state index >= 15 is 0 Å². The quantitative estimate of drug-likeness (QED) is 0.225. The summed E-state index contributed by atoms with van der Waals surface area (Å²) in [6, 6.07) is 25.3. The summed E-state index contributed by atoms with van der Waals surface area (Å²) in [5.41, 5.74) is 2.36. The predicted molar refractivity (Wildman–Crippen MR) is 152 cm³/mol. The number of thiocarbonyl (C=S) groups is 1. The number of pyridine rings is 1. The molecule has 37 heavy (non-hydrogen) atoms. The van der Waals surface area contributed by atoms with Crippen molar-refractivity contribution in [1.82, 2.24) is 10.3 Å². The molecule has 1 atom stereocenters. The maximum Gasteiger partial charge on any atom is 0.251 e. The lowest BCUT2D eigenvalue weighted by Gasteiger charge is -2.21. The van der Waals surface area contributed by atoms with E-state index in [0.717, 1.165) is 4.47 Å². The number of halogens is 1. The van der Waals surface area contributed by atoms with Crippen molar-refractivity contribution in [3.05, 3.63) is 107 Å². The van der Waals surface area contributed by atoms with E-state index in [0.29, 0.717) is 28.2 Å².